The predicted molar refractivity (Wildman–Crippen MR) is 97.1 cm³/mol. The molecule has 8 nitrogen and oxygen atoms in total. The van der Waals surface area contributed by atoms with E-state index in [1.807, 2.05) is 35.3 Å². The number of nitrogens with one attached hydrogen (secondary N) is 1. The van der Waals surface area contributed by atoms with Gasteiger partial charge in [-0.3, -0.25) is 20.0 Å². The molecule has 3 atom stereocenters. The van der Waals surface area contributed by atoms with Crippen LogP contribution >= 0.6 is 0 Å². The van der Waals surface area contributed by atoms with Gasteiger partial charge in [0.25, 0.3) is 5.91 Å². The second kappa shape index (κ2) is 6.37. The van der Waals surface area contributed by atoms with Gasteiger partial charge in [0.2, 0.25) is 0 Å². The van der Waals surface area contributed by atoms with E-state index in [1.165, 1.54) is 4.90 Å². The summed E-state index contributed by atoms with van der Waals surface area (Å²) in [5.74, 6) is -0.168. The number of nitrogens with zero attached hydrogens (tertiary/aromatic N) is 5. The first-order valence-electron chi connectivity index (χ1n) is 8.98. The van der Waals surface area contributed by atoms with Crippen LogP contribution in [0.15, 0.2) is 35.4 Å². The summed E-state index contributed by atoms with van der Waals surface area (Å²) in [5.41, 5.74) is 1.99. The lowest BCUT2D eigenvalue weighted by Crippen LogP contribution is -2.65. The molecule has 2 fully saturated rings. The van der Waals surface area contributed by atoms with Crippen LogP contribution in [0.1, 0.15) is 18.9 Å². The lowest BCUT2D eigenvalue weighted by molar-refractivity contribution is -0.137. The van der Waals surface area contributed by atoms with Crippen LogP contribution in [-0.4, -0.2) is 83.0 Å². The second-order valence-corrected chi connectivity index (χ2v) is 6.97. The molecule has 0 radical (unpaired) electrons. The number of carbonyl (C=O) groups excluding carboxylic acids is 2. The van der Waals surface area contributed by atoms with E-state index in [0.29, 0.717) is 6.54 Å². The maximum absolute atomic E-state index is 12.9. The molecule has 0 saturated carbocycles. The summed E-state index contributed by atoms with van der Waals surface area (Å²) < 4.78 is 0. The zero-order chi connectivity index (χ0) is 18.4. The van der Waals surface area contributed by atoms with Gasteiger partial charge in [-0.1, -0.05) is 37.3 Å². The van der Waals surface area contributed by atoms with Gasteiger partial charge in [-0.25, -0.2) is 9.69 Å². The summed E-state index contributed by atoms with van der Waals surface area (Å²) in [6, 6.07) is 9.34. The molecule has 0 spiro atoms. The van der Waals surface area contributed by atoms with E-state index in [-0.39, 0.29) is 24.4 Å². The third-order valence-electron chi connectivity index (χ3n) is 5.30. The molecule has 1 aromatic carbocycles. The third kappa shape index (κ3) is 2.48. The van der Waals surface area contributed by atoms with Crippen LogP contribution in [0.3, 0.4) is 0 Å². The Labute approximate surface area is 153 Å². The molecule has 138 valence electrons. The highest BCUT2D eigenvalue weighted by molar-refractivity contribution is 6.04. The number of imide groups is 1. The molecule has 1 N–H and O–H groups in total. The van der Waals surface area contributed by atoms with Crippen molar-refractivity contribution in [2.24, 2.45) is 5.10 Å². The molecule has 8 heteroatoms. The van der Waals surface area contributed by atoms with Crippen LogP contribution in [-0.2, 0) is 4.79 Å². The van der Waals surface area contributed by atoms with Crippen LogP contribution in [0.2, 0.25) is 0 Å². The van der Waals surface area contributed by atoms with Crippen LogP contribution in [0, 0.1) is 0 Å². The molecule has 3 aliphatic rings. The molecule has 3 aliphatic heterocycles. The fraction of sp³-hybridized carbons (Fsp3) is 0.500. The number of fused-ring (bicyclic) bond motifs is 3. The molecule has 3 heterocycles. The van der Waals surface area contributed by atoms with Crippen LogP contribution in [0.5, 0.6) is 0 Å². The predicted octanol–water partition coefficient (Wildman–Crippen LogP) is 0.524. The van der Waals surface area contributed by atoms with Gasteiger partial charge in [-0.05, 0) is 12.0 Å². The quantitative estimate of drug-likeness (QED) is 0.855. The number of hydrogen-bond donors (Lipinski definition) is 1. The SMILES string of the molecule is CCCN1N=C(c2ccccc2)CN2C3C(=O)N(C)C(=O)N(C)C3NC12. The highest BCUT2D eigenvalue weighted by atomic mass is 16.2. The van der Waals surface area contributed by atoms with E-state index in [0.717, 1.165) is 24.2 Å². The smallest absolute Gasteiger partial charge is 0.310 e. The van der Waals surface area contributed by atoms with Gasteiger partial charge in [0.1, 0.15) is 12.2 Å². The zero-order valence-electron chi connectivity index (χ0n) is 15.3. The summed E-state index contributed by atoms with van der Waals surface area (Å²) in [6.45, 7) is 3.43. The Balaban J connectivity index is 1.71. The van der Waals surface area contributed by atoms with E-state index >= 15 is 0 Å². The minimum Gasteiger partial charge on any atom is -0.310 e. The molecule has 3 unspecified atom stereocenters. The Kier molecular flexibility index (Phi) is 4.16. The fourth-order valence-electron chi connectivity index (χ4n) is 3.96. The van der Waals surface area contributed by atoms with Gasteiger partial charge < -0.3 is 4.90 Å². The first kappa shape index (κ1) is 17.0. The van der Waals surface area contributed by atoms with Crippen LogP contribution < -0.4 is 5.32 Å². The van der Waals surface area contributed by atoms with E-state index in [1.54, 1.807) is 19.0 Å². The molecule has 0 bridgehead atoms. The van der Waals surface area contributed by atoms with Crippen LogP contribution in [0.25, 0.3) is 0 Å². The van der Waals surface area contributed by atoms with E-state index in [9.17, 15) is 9.59 Å². The Morgan fingerprint density at radius 3 is 2.62 bits per heavy atom. The van der Waals surface area contributed by atoms with E-state index < -0.39 is 6.04 Å². The minimum absolute atomic E-state index is 0.168. The standard InChI is InChI=1S/C18H24N6O2/c1-4-10-24-17-19-15-14(16(25)22(3)18(26)21(15)2)23(17)11-13(20-24)12-8-6-5-7-9-12/h5-9,14-15,17,19H,4,10-11H2,1-3H3. The van der Waals surface area contributed by atoms with Crippen LogP contribution in [0.4, 0.5) is 4.79 Å². The summed E-state index contributed by atoms with van der Waals surface area (Å²) >= 11 is 0. The summed E-state index contributed by atoms with van der Waals surface area (Å²) in [5, 5.41) is 10.3. The number of carbonyl (C=O) groups is 2. The number of hydrazone groups is 1. The van der Waals surface area contributed by atoms with E-state index in [2.05, 4.69) is 17.1 Å². The lowest BCUT2D eigenvalue weighted by atomic mass is 10.1. The van der Waals surface area contributed by atoms with Crippen molar-refractivity contribution in [1.29, 1.82) is 0 Å². The molecule has 26 heavy (non-hydrogen) atoms. The van der Waals surface area contributed by atoms with Crippen molar-refractivity contribution >= 4 is 17.6 Å². The molecule has 0 aliphatic carbocycles. The molecule has 3 amide bonds. The van der Waals surface area contributed by atoms with E-state index in [4.69, 9.17) is 5.10 Å². The molecule has 4 rings (SSSR count). The molecule has 0 aromatic heterocycles. The highest BCUT2D eigenvalue weighted by Crippen LogP contribution is 2.30. The number of rotatable bonds is 3. The number of urea groups is 1. The topological polar surface area (TPSA) is 71.5 Å². The number of amides is 3. The molecule has 2 saturated heterocycles. The number of hydrogen-bond acceptors (Lipinski definition) is 6. The Hall–Kier alpha value is -2.45. The maximum atomic E-state index is 12.9. The average Bonchev–Trinajstić information content (AvgIpc) is 3.05. The summed E-state index contributed by atoms with van der Waals surface area (Å²) in [4.78, 5) is 30.1. The molecular weight excluding hydrogens is 332 g/mol. The molecule has 1 aromatic rings. The highest BCUT2D eigenvalue weighted by Gasteiger charge is 2.55. The zero-order valence-corrected chi connectivity index (χ0v) is 15.3. The monoisotopic (exact) mass is 356 g/mol. The van der Waals surface area contributed by atoms with Crippen molar-refractivity contribution in [3.8, 4) is 0 Å². The van der Waals surface area contributed by atoms with Gasteiger partial charge in [0.05, 0.1) is 5.71 Å². The van der Waals surface area contributed by atoms with Crippen molar-refractivity contribution in [3.05, 3.63) is 35.9 Å². The molecular formula is C18H24N6O2. The average molecular weight is 356 g/mol. The largest absolute Gasteiger partial charge is 0.327 e. The maximum Gasteiger partial charge on any atom is 0.327 e. The van der Waals surface area contributed by atoms with Gasteiger partial charge in [0.15, 0.2) is 6.29 Å². The Morgan fingerprint density at radius 1 is 1.19 bits per heavy atom. The number of benzene rings is 1. The minimum atomic E-state index is -0.415. The third-order valence-corrected chi connectivity index (χ3v) is 5.30. The normalized spacial score (nSPS) is 29.0. The Bertz CT molecular complexity index is 751. The Morgan fingerprint density at radius 2 is 1.92 bits per heavy atom. The van der Waals surface area contributed by atoms with Crippen molar-refractivity contribution in [2.75, 3.05) is 27.2 Å². The summed E-state index contributed by atoms with van der Waals surface area (Å²) in [7, 11) is 3.28. The second-order valence-electron chi connectivity index (χ2n) is 6.97. The first-order chi connectivity index (χ1) is 12.5. The number of likely N-dealkylation sites (N-methyl/N-ethyl adjacent to an activating group) is 2. The van der Waals surface area contributed by atoms with Gasteiger partial charge in [0, 0.05) is 27.2 Å². The van der Waals surface area contributed by atoms with Gasteiger partial charge >= 0.3 is 6.03 Å². The lowest BCUT2D eigenvalue weighted by Gasteiger charge is -2.41. The van der Waals surface area contributed by atoms with Gasteiger partial charge in [-0.15, -0.1) is 0 Å². The summed E-state index contributed by atoms with van der Waals surface area (Å²) in [6.07, 6.45) is 0.402. The van der Waals surface area contributed by atoms with Crippen molar-refractivity contribution in [2.45, 2.75) is 31.8 Å². The first-order valence-corrected chi connectivity index (χ1v) is 8.98. The van der Waals surface area contributed by atoms with Crippen molar-refractivity contribution in [1.82, 2.24) is 25.0 Å². The van der Waals surface area contributed by atoms with Crippen molar-refractivity contribution < 1.29 is 9.59 Å². The van der Waals surface area contributed by atoms with Crippen molar-refractivity contribution in [3.63, 3.8) is 0 Å². The fourth-order valence-corrected chi connectivity index (χ4v) is 3.96. The van der Waals surface area contributed by atoms with Gasteiger partial charge in [-0.2, -0.15) is 5.10 Å².